The van der Waals surface area contributed by atoms with Gasteiger partial charge >= 0.3 is 5.97 Å². The van der Waals surface area contributed by atoms with Crippen LogP contribution in [0.1, 0.15) is 42.6 Å². The molecule has 1 aromatic rings. The van der Waals surface area contributed by atoms with Crippen molar-refractivity contribution in [3.8, 4) is 0 Å². The van der Waals surface area contributed by atoms with E-state index in [4.69, 9.17) is 11.6 Å². The molecule has 1 N–H and O–H groups in total. The summed E-state index contributed by atoms with van der Waals surface area (Å²) in [5.41, 5.74) is 2.09. The number of hydrogen-bond acceptors (Lipinski definition) is 2. The van der Waals surface area contributed by atoms with Gasteiger partial charge in [0.1, 0.15) is 0 Å². The number of alkyl halides is 1. The Morgan fingerprint density at radius 2 is 2.11 bits per heavy atom. The molecule has 1 aliphatic rings. The van der Waals surface area contributed by atoms with Crippen LogP contribution in [0.2, 0.25) is 5.02 Å². The number of anilines is 1. The quantitative estimate of drug-likeness (QED) is 0.655. The first kappa shape index (κ1) is 13.7. The van der Waals surface area contributed by atoms with E-state index in [0.29, 0.717) is 10.6 Å². The normalized spacial score (nSPS) is 22.4. The minimum atomic E-state index is -0.925. The highest BCUT2D eigenvalue weighted by Gasteiger charge is 2.38. The Morgan fingerprint density at radius 3 is 2.61 bits per heavy atom. The fourth-order valence-corrected chi connectivity index (χ4v) is 3.72. The van der Waals surface area contributed by atoms with E-state index >= 15 is 0 Å². The van der Waals surface area contributed by atoms with Gasteiger partial charge in [0.25, 0.3) is 0 Å². The van der Waals surface area contributed by atoms with Gasteiger partial charge in [0, 0.05) is 22.7 Å². The lowest BCUT2D eigenvalue weighted by Gasteiger charge is -2.29. The third-order valence-corrected chi connectivity index (χ3v) is 4.77. The summed E-state index contributed by atoms with van der Waals surface area (Å²) in [5, 5.41) is 9.77. The van der Waals surface area contributed by atoms with Crippen LogP contribution in [-0.4, -0.2) is 22.1 Å². The number of hydrogen-bond donors (Lipinski definition) is 1. The molecule has 0 aromatic heterocycles. The predicted octanol–water partition coefficient (Wildman–Crippen LogP) is 4.09. The van der Waals surface area contributed by atoms with Gasteiger partial charge in [-0.15, -0.1) is 0 Å². The van der Waals surface area contributed by atoms with Crippen molar-refractivity contribution in [1.82, 2.24) is 0 Å². The minimum absolute atomic E-state index is 0.101. The van der Waals surface area contributed by atoms with Crippen molar-refractivity contribution in [3.05, 3.63) is 28.3 Å². The second-order valence-corrected chi connectivity index (χ2v) is 6.23. The van der Waals surface area contributed by atoms with Crippen LogP contribution < -0.4 is 4.90 Å². The molecule has 0 amide bonds. The molecule has 0 aliphatic carbocycles. The van der Waals surface area contributed by atoms with Gasteiger partial charge in [-0.1, -0.05) is 34.5 Å². The zero-order valence-electron chi connectivity index (χ0n) is 10.4. The van der Waals surface area contributed by atoms with Gasteiger partial charge in [-0.3, -0.25) is 0 Å². The maximum absolute atomic E-state index is 11.3. The summed E-state index contributed by atoms with van der Waals surface area (Å²) in [6, 6.07) is 3.65. The SMILES string of the molecule is CC1c2c(C(=O)O)cc(Cl)cc2N(C(C)C)C1Br. The molecule has 0 saturated carbocycles. The fraction of sp³-hybridized carbons (Fsp3) is 0.462. The minimum Gasteiger partial charge on any atom is -0.478 e. The lowest BCUT2D eigenvalue weighted by Crippen LogP contribution is -2.34. The molecule has 1 heterocycles. The molecule has 3 nitrogen and oxygen atoms in total. The van der Waals surface area contributed by atoms with Gasteiger partial charge < -0.3 is 10.0 Å². The van der Waals surface area contributed by atoms with Crippen LogP contribution in [-0.2, 0) is 0 Å². The lowest BCUT2D eigenvalue weighted by molar-refractivity contribution is 0.0695. The Hall–Kier alpha value is -0.740. The van der Waals surface area contributed by atoms with Gasteiger partial charge in [0.15, 0.2) is 0 Å². The number of carboxylic acids is 1. The molecule has 18 heavy (non-hydrogen) atoms. The van der Waals surface area contributed by atoms with Crippen molar-refractivity contribution < 1.29 is 9.90 Å². The van der Waals surface area contributed by atoms with E-state index in [1.807, 2.05) is 13.0 Å². The van der Waals surface area contributed by atoms with Gasteiger partial charge in [0.05, 0.1) is 10.5 Å². The highest BCUT2D eigenvalue weighted by atomic mass is 79.9. The standard InChI is InChI=1S/C13H15BrClNO2/c1-6(2)16-10-5-8(15)4-9(13(17)18)11(10)7(3)12(16)14/h4-7,12H,1-3H3,(H,17,18). The van der Waals surface area contributed by atoms with Crippen LogP contribution in [0.15, 0.2) is 12.1 Å². The number of halogens is 2. The van der Waals surface area contributed by atoms with Crippen molar-refractivity contribution in [2.75, 3.05) is 4.90 Å². The van der Waals surface area contributed by atoms with Crippen molar-refractivity contribution in [2.24, 2.45) is 0 Å². The highest BCUT2D eigenvalue weighted by molar-refractivity contribution is 9.09. The zero-order valence-corrected chi connectivity index (χ0v) is 12.8. The molecule has 2 rings (SSSR count). The van der Waals surface area contributed by atoms with E-state index in [0.717, 1.165) is 11.3 Å². The number of rotatable bonds is 2. The van der Waals surface area contributed by atoms with Gasteiger partial charge in [-0.2, -0.15) is 0 Å². The molecule has 2 unspecified atom stereocenters. The molecule has 5 heteroatoms. The number of benzene rings is 1. The average Bonchev–Trinajstić information content (AvgIpc) is 2.50. The topological polar surface area (TPSA) is 40.5 Å². The smallest absolute Gasteiger partial charge is 0.336 e. The molecule has 0 bridgehead atoms. The Labute approximate surface area is 120 Å². The second kappa shape index (κ2) is 4.74. The summed E-state index contributed by atoms with van der Waals surface area (Å²) in [5.74, 6) is -0.809. The number of nitrogens with zero attached hydrogens (tertiary/aromatic N) is 1. The first-order valence-electron chi connectivity index (χ1n) is 5.83. The number of carboxylic acid groups (broad SMARTS) is 1. The Balaban J connectivity index is 2.68. The van der Waals surface area contributed by atoms with Crippen molar-refractivity contribution in [1.29, 1.82) is 0 Å². The average molecular weight is 333 g/mol. The monoisotopic (exact) mass is 331 g/mol. The van der Waals surface area contributed by atoms with Crippen LogP contribution in [0.5, 0.6) is 0 Å². The molecule has 1 aliphatic heterocycles. The van der Waals surface area contributed by atoms with Crippen LogP contribution in [0.25, 0.3) is 0 Å². The van der Waals surface area contributed by atoms with Gasteiger partial charge in [-0.05, 0) is 31.5 Å². The largest absolute Gasteiger partial charge is 0.478 e. The maximum atomic E-state index is 11.3. The maximum Gasteiger partial charge on any atom is 0.336 e. The van der Waals surface area contributed by atoms with E-state index in [1.54, 1.807) is 0 Å². The summed E-state index contributed by atoms with van der Waals surface area (Å²) in [4.78, 5) is 13.6. The van der Waals surface area contributed by atoms with Crippen molar-refractivity contribution >= 4 is 39.2 Å². The summed E-state index contributed by atoms with van der Waals surface area (Å²) >= 11 is 9.68. The molecule has 0 saturated heterocycles. The van der Waals surface area contributed by atoms with Crippen molar-refractivity contribution in [3.63, 3.8) is 0 Å². The van der Waals surface area contributed by atoms with E-state index in [9.17, 15) is 9.90 Å². The predicted molar refractivity (Wildman–Crippen MR) is 77.2 cm³/mol. The number of aromatic carboxylic acids is 1. The molecule has 2 atom stereocenters. The van der Waals surface area contributed by atoms with Gasteiger partial charge in [0.2, 0.25) is 0 Å². The highest BCUT2D eigenvalue weighted by Crippen LogP contribution is 2.47. The Kier molecular flexibility index (Phi) is 3.60. The van der Waals surface area contributed by atoms with Crippen LogP contribution in [0, 0.1) is 0 Å². The number of carbonyl (C=O) groups is 1. The summed E-state index contributed by atoms with van der Waals surface area (Å²) in [6.07, 6.45) is 0. The summed E-state index contributed by atoms with van der Waals surface area (Å²) in [6.45, 7) is 6.19. The zero-order chi connectivity index (χ0) is 13.6. The third-order valence-electron chi connectivity index (χ3n) is 3.32. The van der Waals surface area contributed by atoms with Crippen LogP contribution >= 0.6 is 27.5 Å². The first-order valence-corrected chi connectivity index (χ1v) is 7.13. The summed E-state index contributed by atoms with van der Waals surface area (Å²) in [7, 11) is 0. The van der Waals surface area contributed by atoms with Crippen molar-refractivity contribution in [2.45, 2.75) is 37.7 Å². The fourth-order valence-electron chi connectivity index (χ4n) is 2.55. The molecule has 0 spiro atoms. The van der Waals surface area contributed by atoms with Crippen LogP contribution in [0.3, 0.4) is 0 Å². The van der Waals surface area contributed by atoms with E-state index < -0.39 is 5.97 Å². The first-order chi connectivity index (χ1) is 8.34. The molecular weight excluding hydrogens is 318 g/mol. The van der Waals surface area contributed by atoms with Crippen LogP contribution in [0.4, 0.5) is 5.69 Å². The molecular formula is C13H15BrClNO2. The second-order valence-electron chi connectivity index (χ2n) is 4.85. The van der Waals surface area contributed by atoms with E-state index in [1.165, 1.54) is 6.07 Å². The molecule has 0 radical (unpaired) electrons. The molecule has 98 valence electrons. The van der Waals surface area contributed by atoms with E-state index in [2.05, 4.69) is 34.7 Å². The molecule has 0 fully saturated rings. The Bertz CT molecular complexity index is 504. The molecule has 1 aromatic carbocycles. The Morgan fingerprint density at radius 1 is 1.50 bits per heavy atom. The lowest BCUT2D eigenvalue weighted by atomic mass is 9.97. The number of fused-ring (bicyclic) bond motifs is 1. The van der Waals surface area contributed by atoms with E-state index in [-0.39, 0.29) is 16.9 Å². The van der Waals surface area contributed by atoms with Gasteiger partial charge in [-0.25, -0.2) is 4.79 Å². The summed E-state index contributed by atoms with van der Waals surface area (Å²) < 4.78 is 0. The third kappa shape index (κ3) is 2.01.